The summed E-state index contributed by atoms with van der Waals surface area (Å²) < 4.78 is 0. The number of aromatic nitrogens is 1. The van der Waals surface area contributed by atoms with Gasteiger partial charge >= 0.3 is 6.03 Å². The second-order valence-electron chi connectivity index (χ2n) is 7.89. The van der Waals surface area contributed by atoms with Gasteiger partial charge in [0, 0.05) is 29.4 Å². The second kappa shape index (κ2) is 10.2. The molecule has 166 valence electrons. The molecule has 1 heterocycles. The van der Waals surface area contributed by atoms with Gasteiger partial charge in [-0.15, -0.1) is 0 Å². The molecular weight excluding hydrogens is 406 g/mol. The fourth-order valence-corrected chi connectivity index (χ4v) is 3.22. The van der Waals surface area contributed by atoms with Crippen molar-refractivity contribution in [1.29, 1.82) is 0 Å². The normalized spacial score (nSPS) is 11.7. The van der Waals surface area contributed by atoms with Gasteiger partial charge in [0.2, 0.25) is 0 Å². The number of nitrogens with zero attached hydrogens (tertiary/aromatic N) is 1. The zero-order valence-corrected chi connectivity index (χ0v) is 18.6. The minimum atomic E-state index is -0.554. The third-order valence-corrected chi connectivity index (χ3v) is 5.27. The van der Waals surface area contributed by atoms with E-state index in [4.69, 9.17) is 5.26 Å². The number of aryl methyl sites for hydroxylation is 3. The molecule has 3 N–H and O–H groups in total. The Kier molecular flexibility index (Phi) is 7.35. The van der Waals surface area contributed by atoms with E-state index in [0.29, 0.717) is 11.4 Å². The molecule has 0 aliphatic heterocycles. The van der Waals surface area contributed by atoms with Crippen LogP contribution in [0.4, 0.5) is 16.3 Å². The first-order chi connectivity index (χ1) is 15.3. The molecule has 1 aromatic heterocycles. The molecule has 0 bridgehead atoms. The van der Waals surface area contributed by atoms with Gasteiger partial charge in [0.15, 0.2) is 5.78 Å². The number of hydrogen-bond donors (Lipinski definition) is 3. The van der Waals surface area contributed by atoms with Crippen LogP contribution in [-0.4, -0.2) is 28.2 Å². The summed E-state index contributed by atoms with van der Waals surface area (Å²) >= 11 is 0. The number of amides is 2. The Morgan fingerprint density at radius 2 is 1.66 bits per heavy atom. The van der Waals surface area contributed by atoms with Crippen LogP contribution in [0.1, 0.15) is 40.4 Å². The predicted molar refractivity (Wildman–Crippen MR) is 125 cm³/mol. The molecule has 3 rings (SSSR count). The van der Waals surface area contributed by atoms with E-state index in [1.54, 1.807) is 25.3 Å². The number of urea groups is 1. The quantitative estimate of drug-likeness (QED) is 0.249. The third kappa shape index (κ3) is 5.78. The van der Waals surface area contributed by atoms with Crippen LogP contribution in [0.2, 0.25) is 0 Å². The Labute approximate surface area is 187 Å². The largest absolute Gasteiger partial charge is 0.324 e. The van der Waals surface area contributed by atoms with Gasteiger partial charge in [-0.3, -0.25) is 15.4 Å². The van der Waals surface area contributed by atoms with Crippen molar-refractivity contribution < 1.29 is 19.7 Å². The van der Waals surface area contributed by atoms with Gasteiger partial charge in [0.05, 0.1) is 6.10 Å². The summed E-state index contributed by atoms with van der Waals surface area (Å²) in [7, 11) is 0. The van der Waals surface area contributed by atoms with Gasteiger partial charge in [0.1, 0.15) is 5.82 Å². The SMILES string of the molecule is Cc1ccc(NC(=O)Nc2ncc(-c3ccc(C(=O)CC(C)OO)cc3)cc2C)cc1C. The van der Waals surface area contributed by atoms with Crippen molar-refractivity contribution in [3.05, 3.63) is 77.0 Å². The van der Waals surface area contributed by atoms with Crippen LogP contribution < -0.4 is 10.6 Å². The summed E-state index contributed by atoms with van der Waals surface area (Å²) in [4.78, 5) is 33.1. The Hall–Kier alpha value is -3.55. The second-order valence-corrected chi connectivity index (χ2v) is 7.89. The van der Waals surface area contributed by atoms with Crippen molar-refractivity contribution in [3.63, 3.8) is 0 Å². The van der Waals surface area contributed by atoms with Crippen LogP contribution in [0.15, 0.2) is 54.7 Å². The maximum atomic E-state index is 12.4. The lowest BCUT2D eigenvalue weighted by Crippen LogP contribution is -2.20. The third-order valence-electron chi connectivity index (χ3n) is 5.27. The molecule has 0 aliphatic rings. The van der Waals surface area contributed by atoms with Crippen molar-refractivity contribution in [2.75, 3.05) is 10.6 Å². The van der Waals surface area contributed by atoms with Gasteiger partial charge in [0.25, 0.3) is 0 Å². The van der Waals surface area contributed by atoms with Gasteiger partial charge < -0.3 is 5.32 Å². The van der Waals surface area contributed by atoms with E-state index in [1.165, 1.54) is 0 Å². The van der Waals surface area contributed by atoms with Crippen molar-refractivity contribution in [2.24, 2.45) is 0 Å². The summed E-state index contributed by atoms with van der Waals surface area (Å²) in [6.45, 7) is 7.51. The highest BCUT2D eigenvalue weighted by molar-refractivity contribution is 6.00. The van der Waals surface area contributed by atoms with Crippen molar-refractivity contribution >= 4 is 23.3 Å². The molecule has 0 saturated heterocycles. The molecule has 2 amide bonds. The molecule has 1 unspecified atom stereocenters. The van der Waals surface area contributed by atoms with E-state index in [0.717, 1.165) is 33.5 Å². The highest BCUT2D eigenvalue weighted by Crippen LogP contribution is 2.24. The first-order valence-electron chi connectivity index (χ1n) is 10.3. The van der Waals surface area contributed by atoms with Crippen LogP contribution in [0.3, 0.4) is 0 Å². The fraction of sp³-hybridized carbons (Fsp3) is 0.240. The van der Waals surface area contributed by atoms with E-state index in [9.17, 15) is 9.59 Å². The Morgan fingerprint density at radius 1 is 0.938 bits per heavy atom. The first-order valence-corrected chi connectivity index (χ1v) is 10.3. The van der Waals surface area contributed by atoms with Gasteiger partial charge in [-0.05, 0) is 68.1 Å². The summed E-state index contributed by atoms with van der Waals surface area (Å²) in [6, 6.07) is 14.5. The number of Topliss-reactive ketones (excluding diaryl/α,β-unsaturated/α-hetero) is 1. The minimum Gasteiger partial charge on any atom is -0.308 e. The lowest BCUT2D eigenvalue weighted by molar-refractivity contribution is -0.272. The molecule has 32 heavy (non-hydrogen) atoms. The minimum absolute atomic E-state index is 0.0983. The average Bonchev–Trinajstić information content (AvgIpc) is 2.77. The van der Waals surface area contributed by atoms with Crippen LogP contribution >= 0.6 is 0 Å². The summed E-state index contributed by atoms with van der Waals surface area (Å²) in [6.07, 6.45) is 1.22. The smallest absolute Gasteiger partial charge is 0.308 e. The Morgan fingerprint density at radius 3 is 2.28 bits per heavy atom. The number of benzene rings is 2. The standard InChI is InChI=1S/C25H27N3O4/c1-15-5-10-22(12-16(15)2)27-25(30)28-24-17(3)11-21(14-26-24)19-6-8-20(9-7-19)23(29)13-18(4)32-31/h5-12,14,18,31H,13H2,1-4H3,(H2,26,27,28,30). The van der Waals surface area contributed by atoms with Crippen LogP contribution in [0, 0.1) is 20.8 Å². The zero-order chi connectivity index (χ0) is 23.3. The summed E-state index contributed by atoms with van der Waals surface area (Å²) in [5, 5.41) is 14.2. The number of carbonyl (C=O) groups is 2. The van der Waals surface area contributed by atoms with Crippen molar-refractivity contribution in [1.82, 2.24) is 4.98 Å². The highest BCUT2D eigenvalue weighted by Gasteiger charge is 2.13. The van der Waals surface area contributed by atoms with Crippen molar-refractivity contribution in [2.45, 2.75) is 40.2 Å². The van der Waals surface area contributed by atoms with E-state index < -0.39 is 6.10 Å². The first kappa shape index (κ1) is 23.1. The molecule has 7 heteroatoms. The average molecular weight is 434 g/mol. The number of rotatable bonds is 7. The van der Waals surface area contributed by atoms with Gasteiger partial charge in [-0.25, -0.2) is 14.7 Å². The summed E-state index contributed by atoms with van der Waals surface area (Å²) in [5.41, 5.74) is 6.11. The number of nitrogens with one attached hydrogen (secondary N) is 2. The number of pyridine rings is 1. The molecule has 1 atom stereocenters. The zero-order valence-electron chi connectivity index (χ0n) is 18.6. The van der Waals surface area contributed by atoms with Gasteiger partial charge in [-0.2, -0.15) is 0 Å². The number of ketones is 1. The molecule has 0 fully saturated rings. The van der Waals surface area contributed by atoms with Crippen LogP contribution in [0.5, 0.6) is 0 Å². The molecule has 3 aromatic rings. The van der Waals surface area contributed by atoms with Crippen LogP contribution in [-0.2, 0) is 4.89 Å². The summed E-state index contributed by atoms with van der Waals surface area (Å²) in [5.74, 6) is 0.363. The molecule has 7 nitrogen and oxygen atoms in total. The highest BCUT2D eigenvalue weighted by atomic mass is 17.1. The molecule has 0 saturated carbocycles. The maximum absolute atomic E-state index is 12.4. The van der Waals surface area contributed by atoms with E-state index in [2.05, 4.69) is 20.5 Å². The fourth-order valence-electron chi connectivity index (χ4n) is 3.22. The lowest BCUT2D eigenvalue weighted by atomic mass is 10.0. The number of anilines is 2. The lowest BCUT2D eigenvalue weighted by Gasteiger charge is -2.12. The molecular formula is C25H27N3O4. The number of carbonyl (C=O) groups excluding carboxylic acids is 2. The van der Waals surface area contributed by atoms with E-state index in [-0.39, 0.29) is 18.2 Å². The van der Waals surface area contributed by atoms with Crippen molar-refractivity contribution in [3.8, 4) is 11.1 Å². The van der Waals surface area contributed by atoms with Crippen LogP contribution in [0.25, 0.3) is 11.1 Å². The monoisotopic (exact) mass is 433 g/mol. The molecule has 0 aliphatic carbocycles. The maximum Gasteiger partial charge on any atom is 0.324 e. The molecule has 0 radical (unpaired) electrons. The topological polar surface area (TPSA) is 101 Å². The molecule has 2 aromatic carbocycles. The Bertz CT molecular complexity index is 1130. The van der Waals surface area contributed by atoms with Gasteiger partial charge in [-0.1, -0.05) is 30.3 Å². The van der Waals surface area contributed by atoms with E-state index >= 15 is 0 Å². The number of hydrogen-bond acceptors (Lipinski definition) is 5. The predicted octanol–water partition coefficient (Wildman–Crippen LogP) is 5.77. The van der Waals surface area contributed by atoms with E-state index in [1.807, 2.05) is 57.2 Å². The molecule has 0 spiro atoms. The Balaban J connectivity index is 1.67.